The second-order valence-electron chi connectivity index (χ2n) is 3.47. The molecule has 0 aliphatic rings. The number of benzene rings is 1. The Bertz CT molecular complexity index is 417. The molecule has 1 aromatic carbocycles. The molecule has 0 amide bonds. The molecule has 0 aliphatic heterocycles. The minimum Gasteiger partial charge on any atom is -0.496 e. The zero-order valence-electron chi connectivity index (χ0n) is 9.99. The van der Waals surface area contributed by atoms with Crippen molar-refractivity contribution < 1.29 is 19.4 Å². The molecule has 5 heteroatoms. The maximum Gasteiger partial charge on any atom is 0.339 e. The molecule has 94 valence electrons. The number of carbonyl (C=O) groups excluding carboxylic acids is 1. The van der Waals surface area contributed by atoms with Gasteiger partial charge in [-0.1, -0.05) is 18.5 Å². The number of esters is 1. The van der Waals surface area contributed by atoms with Gasteiger partial charge < -0.3 is 14.6 Å². The van der Waals surface area contributed by atoms with Crippen molar-refractivity contribution in [3.63, 3.8) is 0 Å². The average molecular weight is 259 g/mol. The summed E-state index contributed by atoms with van der Waals surface area (Å²) in [6.45, 7) is 1.93. The van der Waals surface area contributed by atoms with Crippen molar-refractivity contribution in [3.8, 4) is 5.75 Å². The van der Waals surface area contributed by atoms with Crippen molar-refractivity contribution in [1.29, 1.82) is 0 Å². The first-order valence-corrected chi connectivity index (χ1v) is 5.55. The highest BCUT2D eigenvalue weighted by Crippen LogP contribution is 2.33. The molecule has 0 aliphatic carbocycles. The summed E-state index contributed by atoms with van der Waals surface area (Å²) in [5.41, 5.74) is 1.15. The predicted molar refractivity (Wildman–Crippen MR) is 64.4 cm³/mol. The van der Waals surface area contributed by atoms with Crippen LogP contribution in [-0.4, -0.2) is 25.3 Å². The van der Waals surface area contributed by atoms with E-state index in [0.29, 0.717) is 22.8 Å². The van der Waals surface area contributed by atoms with E-state index in [1.165, 1.54) is 20.3 Å². The molecule has 0 aromatic heterocycles. The van der Waals surface area contributed by atoms with Crippen LogP contribution in [0, 0.1) is 0 Å². The van der Waals surface area contributed by atoms with Gasteiger partial charge in [0.1, 0.15) is 5.75 Å². The Morgan fingerprint density at radius 2 is 2.12 bits per heavy atom. The van der Waals surface area contributed by atoms with Crippen LogP contribution in [-0.2, 0) is 16.0 Å². The molecular formula is C12H15ClO4. The number of hydrogen-bond donors (Lipinski definition) is 1. The molecule has 1 aromatic rings. The van der Waals surface area contributed by atoms with Crippen molar-refractivity contribution >= 4 is 17.6 Å². The summed E-state index contributed by atoms with van der Waals surface area (Å²) in [5, 5.41) is 10.3. The van der Waals surface area contributed by atoms with Crippen LogP contribution in [0.1, 0.15) is 24.2 Å². The fourth-order valence-electron chi connectivity index (χ4n) is 1.63. The molecular weight excluding hydrogens is 244 g/mol. The van der Waals surface area contributed by atoms with Crippen molar-refractivity contribution in [3.05, 3.63) is 28.3 Å². The van der Waals surface area contributed by atoms with Crippen molar-refractivity contribution in [2.75, 3.05) is 14.2 Å². The molecule has 0 saturated heterocycles. The SMILES string of the molecule is CCc1cc(Cl)cc(C(O)C(=O)OC)c1OC. The Kier molecular flexibility index (Phi) is 4.78. The maximum atomic E-state index is 11.3. The molecule has 17 heavy (non-hydrogen) atoms. The van der Waals surface area contributed by atoms with Gasteiger partial charge in [0.15, 0.2) is 6.10 Å². The molecule has 0 heterocycles. The molecule has 0 bridgehead atoms. The Labute approximate surface area is 105 Å². The highest BCUT2D eigenvalue weighted by Gasteiger charge is 2.24. The monoisotopic (exact) mass is 258 g/mol. The number of hydrogen-bond acceptors (Lipinski definition) is 4. The smallest absolute Gasteiger partial charge is 0.339 e. The van der Waals surface area contributed by atoms with Crippen LogP contribution in [0.2, 0.25) is 5.02 Å². The molecule has 0 fully saturated rings. The zero-order valence-corrected chi connectivity index (χ0v) is 10.7. The standard InChI is InChI=1S/C12H15ClO4/c1-4-7-5-8(13)6-9(11(7)16-2)10(14)12(15)17-3/h5-6,10,14H,4H2,1-3H3. The fourth-order valence-corrected chi connectivity index (χ4v) is 1.88. The summed E-state index contributed by atoms with van der Waals surface area (Å²) in [7, 11) is 2.69. The summed E-state index contributed by atoms with van der Waals surface area (Å²) >= 11 is 5.93. The lowest BCUT2D eigenvalue weighted by Gasteiger charge is -2.16. The first-order chi connectivity index (χ1) is 8.04. The Morgan fingerprint density at radius 3 is 2.59 bits per heavy atom. The van der Waals surface area contributed by atoms with Crippen molar-refractivity contribution in [1.82, 2.24) is 0 Å². The van der Waals surface area contributed by atoms with Gasteiger partial charge >= 0.3 is 5.97 Å². The maximum absolute atomic E-state index is 11.3. The molecule has 0 spiro atoms. The predicted octanol–water partition coefficient (Wildman–Crippen LogP) is 2.12. The van der Waals surface area contributed by atoms with E-state index >= 15 is 0 Å². The van der Waals surface area contributed by atoms with Gasteiger partial charge in [-0.3, -0.25) is 0 Å². The molecule has 4 nitrogen and oxygen atoms in total. The summed E-state index contributed by atoms with van der Waals surface area (Å²) in [6.07, 6.45) is -0.705. The number of aliphatic hydroxyl groups is 1. The second kappa shape index (κ2) is 5.89. The lowest BCUT2D eigenvalue weighted by molar-refractivity contribution is -0.150. The van der Waals surface area contributed by atoms with E-state index in [2.05, 4.69) is 4.74 Å². The van der Waals surface area contributed by atoms with Crippen LogP contribution in [0.4, 0.5) is 0 Å². The highest BCUT2D eigenvalue weighted by atomic mass is 35.5. The van der Waals surface area contributed by atoms with E-state index in [-0.39, 0.29) is 0 Å². The van der Waals surface area contributed by atoms with Crippen LogP contribution in [0.15, 0.2) is 12.1 Å². The summed E-state index contributed by atoms with van der Waals surface area (Å²) in [4.78, 5) is 11.3. The Hall–Kier alpha value is -1.26. The van der Waals surface area contributed by atoms with Gasteiger partial charge in [0, 0.05) is 10.6 Å². The van der Waals surface area contributed by atoms with Crippen LogP contribution in [0.5, 0.6) is 5.75 Å². The first kappa shape index (κ1) is 13.8. The third kappa shape index (κ3) is 2.90. The summed E-state index contributed by atoms with van der Waals surface area (Å²) in [6, 6.07) is 3.25. The van der Waals surface area contributed by atoms with Gasteiger partial charge in [-0.2, -0.15) is 0 Å². The normalized spacial score (nSPS) is 12.1. The first-order valence-electron chi connectivity index (χ1n) is 5.17. The number of rotatable bonds is 4. The van der Waals surface area contributed by atoms with Gasteiger partial charge in [-0.25, -0.2) is 4.79 Å². The number of aryl methyl sites for hydroxylation is 1. The van der Waals surface area contributed by atoms with E-state index in [4.69, 9.17) is 16.3 Å². The minimum absolute atomic E-state index is 0.323. The van der Waals surface area contributed by atoms with E-state index in [9.17, 15) is 9.90 Å². The Balaban J connectivity index is 3.30. The lowest BCUT2D eigenvalue weighted by Crippen LogP contribution is -2.15. The molecule has 1 rings (SSSR count). The van der Waals surface area contributed by atoms with Gasteiger partial charge in [-0.15, -0.1) is 0 Å². The van der Waals surface area contributed by atoms with Crippen LogP contribution in [0.25, 0.3) is 0 Å². The van der Waals surface area contributed by atoms with Crippen molar-refractivity contribution in [2.24, 2.45) is 0 Å². The van der Waals surface area contributed by atoms with E-state index < -0.39 is 12.1 Å². The van der Waals surface area contributed by atoms with Crippen LogP contribution in [0.3, 0.4) is 0 Å². The van der Waals surface area contributed by atoms with E-state index in [1.54, 1.807) is 6.07 Å². The molecule has 0 radical (unpaired) electrons. The molecule has 1 atom stereocenters. The quantitative estimate of drug-likeness (QED) is 0.841. The minimum atomic E-state index is -1.39. The largest absolute Gasteiger partial charge is 0.496 e. The van der Waals surface area contributed by atoms with Crippen molar-refractivity contribution in [2.45, 2.75) is 19.4 Å². The fraction of sp³-hybridized carbons (Fsp3) is 0.417. The third-order valence-electron chi connectivity index (χ3n) is 2.46. The topological polar surface area (TPSA) is 55.8 Å². The number of methoxy groups -OCH3 is 2. The average Bonchev–Trinajstić information content (AvgIpc) is 2.35. The molecule has 1 unspecified atom stereocenters. The number of aliphatic hydroxyl groups excluding tert-OH is 1. The molecule has 1 N–H and O–H groups in total. The van der Waals surface area contributed by atoms with Gasteiger partial charge in [0.25, 0.3) is 0 Å². The Morgan fingerprint density at radius 1 is 1.47 bits per heavy atom. The van der Waals surface area contributed by atoms with Gasteiger partial charge in [0.2, 0.25) is 0 Å². The third-order valence-corrected chi connectivity index (χ3v) is 2.68. The van der Waals surface area contributed by atoms with Gasteiger partial charge in [0.05, 0.1) is 14.2 Å². The van der Waals surface area contributed by atoms with E-state index in [0.717, 1.165) is 5.56 Å². The lowest BCUT2D eigenvalue weighted by atomic mass is 10.0. The summed E-state index contributed by atoms with van der Waals surface area (Å²) < 4.78 is 9.70. The molecule has 0 saturated carbocycles. The second-order valence-corrected chi connectivity index (χ2v) is 3.90. The number of halogens is 1. The van der Waals surface area contributed by atoms with Crippen LogP contribution < -0.4 is 4.74 Å². The number of ether oxygens (including phenoxy) is 2. The zero-order chi connectivity index (χ0) is 13.0. The number of carbonyl (C=O) groups is 1. The summed E-state index contributed by atoms with van der Waals surface area (Å²) in [5.74, 6) is -0.276. The van der Waals surface area contributed by atoms with E-state index in [1.807, 2.05) is 6.92 Å². The van der Waals surface area contributed by atoms with Crippen LogP contribution >= 0.6 is 11.6 Å². The van der Waals surface area contributed by atoms with Gasteiger partial charge in [-0.05, 0) is 24.1 Å². The highest BCUT2D eigenvalue weighted by molar-refractivity contribution is 6.30.